The molecule has 0 spiro atoms. The summed E-state index contributed by atoms with van der Waals surface area (Å²) >= 11 is 13.1. The Balaban J connectivity index is 1.80. The first-order valence-electron chi connectivity index (χ1n) is 12.7. The Hall–Kier alpha value is -3.51. The molecule has 40 heavy (non-hydrogen) atoms. The smallest absolute Gasteiger partial charge is 0.316 e. The maximum atomic E-state index is 10.1. The van der Waals surface area contributed by atoms with Crippen molar-refractivity contribution < 1.29 is 14.6 Å². The molecule has 13 heteroatoms. The number of benzene rings is 1. The SMILES string of the molecule is CCOc1ncc2c(n1)CN(c1nc(-c3cc(OC[C@H](O)CNC)ccc3Cl)nc(/C(NC)=C(\Cl)C=N)c1C)C2. The molecule has 1 atom stereocenters. The van der Waals surface area contributed by atoms with E-state index in [9.17, 15) is 5.11 Å². The Labute approximate surface area is 243 Å². The molecule has 3 aromatic rings. The number of hydrogen-bond acceptors (Lipinski definition) is 11. The van der Waals surface area contributed by atoms with Crippen LogP contribution in [0.15, 0.2) is 29.4 Å². The second-order valence-electron chi connectivity index (χ2n) is 9.04. The standard InChI is InChI=1S/C27H32Cl2N8O3/c1-5-39-27-33-10-16-12-37(13-22(16)34-27)26-15(2)23(24(32-4)21(29)9-30)35-25(36-26)19-8-18(6-7-20(19)28)40-14-17(38)11-31-3/h6-10,17,30-32,38H,5,11-14H2,1-4H3/b24-21+,30-9?/t17-/m1/s1. The molecule has 0 aliphatic carbocycles. The van der Waals surface area contributed by atoms with Crippen molar-refractivity contribution in [2.75, 3.05) is 38.8 Å². The van der Waals surface area contributed by atoms with E-state index in [2.05, 4.69) is 25.5 Å². The summed E-state index contributed by atoms with van der Waals surface area (Å²) < 4.78 is 11.3. The average molecular weight is 588 g/mol. The highest BCUT2D eigenvalue weighted by Gasteiger charge is 2.27. The van der Waals surface area contributed by atoms with Crippen molar-refractivity contribution in [3.63, 3.8) is 0 Å². The van der Waals surface area contributed by atoms with E-state index in [4.69, 9.17) is 48.1 Å². The second-order valence-corrected chi connectivity index (χ2v) is 9.85. The van der Waals surface area contributed by atoms with E-state index in [1.165, 1.54) is 0 Å². The predicted octanol–water partition coefficient (Wildman–Crippen LogP) is 3.55. The molecule has 4 N–H and O–H groups in total. The molecular formula is C27H32Cl2N8O3. The van der Waals surface area contributed by atoms with Gasteiger partial charge in [-0.1, -0.05) is 23.2 Å². The predicted molar refractivity (Wildman–Crippen MR) is 156 cm³/mol. The zero-order valence-corrected chi connectivity index (χ0v) is 24.3. The number of hydrogen-bond donors (Lipinski definition) is 4. The third kappa shape index (κ3) is 6.44. The lowest BCUT2D eigenvalue weighted by atomic mass is 10.1. The summed E-state index contributed by atoms with van der Waals surface area (Å²) in [6.45, 7) is 5.80. The number of anilines is 1. The zero-order chi connectivity index (χ0) is 28.8. The fourth-order valence-corrected chi connectivity index (χ4v) is 4.72. The highest BCUT2D eigenvalue weighted by Crippen LogP contribution is 2.36. The Kier molecular flexibility index (Phi) is 9.75. The van der Waals surface area contributed by atoms with E-state index >= 15 is 0 Å². The normalized spacial score (nSPS) is 13.9. The number of rotatable bonds is 12. The molecule has 1 aromatic carbocycles. The number of halogens is 2. The van der Waals surface area contributed by atoms with Gasteiger partial charge in [-0.25, -0.2) is 15.0 Å². The molecule has 4 rings (SSSR count). The van der Waals surface area contributed by atoms with Gasteiger partial charge in [0.2, 0.25) is 0 Å². The minimum atomic E-state index is -0.673. The third-order valence-electron chi connectivity index (χ3n) is 6.24. The van der Waals surface area contributed by atoms with Crippen LogP contribution in [0.2, 0.25) is 5.02 Å². The van der Waals surface area contributed by atoms with Crippen molar-refractivity contribution in [3.05, 3.63) is 57.0 Å². The van der Waals surface area contributed by atoms with E-state index in [0.717, 1.165) is 23.0 Å². The van der Waals surface area contributed by atoms with Gasteiger partial charge in [0, 0.05) is 49.2 Å². The molecule has 1 aliphatic rings. The van der Waals surface area contributed by atoms with Crippen LogP contribution >= 0.6 is 23.2 Å². The molecule has 0 unspecified atom stereocenters. The fraction of sp³-hybridized carbons (Fsp3) is 0.370. The van der Waals surface area contributed by atoms with Gasteiger partial charge in [-0.2, -0.15) is 4.98 Å². The summed E-state index contributed by atoms with van der Waals surface area (Å²) in [6.07, 6.45) is 2.16. The largest absolute Gasteiger partial charge is 0.491 e. The summed E-state index contributed by atoms with van der Waals surface area (Å²) in [6, 6.07) is 5.51. The molecule has 0 amide bonds. The number of fused-ring (bicyclic) bond motifs is 1. The zero-order valence-electron chi connectivity index (χ0n) is 22.8. The molecule has 3 heterocycles. The Morgan fingerprint density at radius 2 is 2.02 bits per heavy atom. The van der Waals surface area contributed by atoms with E-state index in [-0.39, 0.29) is 11.6 Å². The average Bonchev–Trinajstić information content (AvgIpc) is 3.37. The molecule has 0 bridgehead atoms. The Morgan fingerprint density at radius 3 is 2.73 bits per heavy atom. The van der Waals surface area contributed by atoms with Gasteiger partial charge in [0.25, 0.3) is 0 Å². The van der Waals surface area contributed by atoms with Crippen molar-refractivity contribution >= 4 is 40.9 Å². The quantitative estimate of drug-likeness (QED) is 0.233. The van der Waals surface area contributed by atoms with Crippen molar-refractivity contribution in [1.29, 1.82) is 5.41 Å². The van der Waals surface area contributed by atoms with Gasteiger partial charge in [-0.15, -0.1) is 0 Å². The Bertz CT molecular complexity index is 1420. The molecule has 11 nitrogen and oxygen atoms in total. The minimum absolute atomic E-state index is 0.103. The summed E-state index contributed by atoms with van der Waals surface area (Å²) in [5.41, 5.74) is 4.14. The first-order valence-corrected chi connectivity index (χ1v) is 13.5. The number of nitrogens with zero attached hydrogens (tertiary/aromatic N) is 5. The summed E-state index contributed by atoms with van der Waals surface area (Å²) in [7, 11) is 3.48. The van der Waals surface area contributed by atoms with E-state index in [0.29, 0.717) is 71.6 Å². The highest BCUT2D eigenvalue weighted by atomic mass is 35.5. The lowest BCUT2D eigenvalue weighted by Crippen LogP contribution is -2.29. The molecule has 0 saturated carbocycles. The van der Waals surface area contributed by atoms with Crippen LogP contribution in [0, 0.1) is 12.3 Å². The minimum Gasteiger partial charge on any atom is -0.491 e. The summed E-state index contributed by atoms with van der Waals surface area (Å²) in [5, 5.41) is 24.4. The Morgan fingerprint density at radius 1 is 1.23 bits per heavy atom. The summed E-state index contributed by atoms with van der Waals surface area (Å²) in [4.78, 5) is 20.7. The third-order valence-corrected chi connectivity index (χ3v) is 6.87. The van der Waals surface area contributed by atoms with Gasteiger partial charge in [-0.05, 0) is 39.1 Å². The monoisotopic (exact) mass is 586 g/mol. The molecule has 0 radical (unpaired) electrons. The number of ether oxygens (including phenoxy) is 2. The number of aliphatic hydroxyl groups excluding tert-OH is 1. The van der Waals surface area contributed by atoms with Crippen molar-refractivity contribution in [2.24, 2.45) is 0 Å². The van der Waals surface area contributed by atoms with E-state index in [1.54, 1.807) is 38.5 Å². The molecular weight excluding hydrogens is 555 g/mol. The highest BCUT2D eigenvalue weighted by molar-refractivity contribution is 6.42. The van der Waals surface area contributed by atoms with Gasteiger partial charge in [0.1, 0.15) is 24.3 Å². The topological polar surface area (TPSA) is 141 Å². The van der Waals surface area contributed by atoms with Crippen molar-refractivity contribution in [2.45, 2.75) is 33.0 Å². The van der Waals surface area contributed by atoms with Crippen LogP contribution < -0.4 is 25.0 Å². The fourth-order valence-electron chi connectivity index (χ4n) is 4.34. The van der Waals surface area contributed by atoms with E-state index < -0.39 is 6.10 Å². The van der Waals surface area contributed by atoms with Gasteiger partial charge < -0.3 is 35.5 Å². The lowest BCUT2D eigenvalue weighted by Gasteiger charge is -2.22. The van der Waals surface area contributed by atoms with Crippen LogP contribution in [0.1, 0.15) is 29.4 Å². The number of aliphatic hydroxyl groups is 1. The second kappa shape index (κ2) is 13.2. The van der Waals surface area contributed by atoms with Gasteiger partial charge in [0.15, 0.2) is 5.82 Å². The molecule has 212 valence electrons. The first kappa shape index (κ1) is 29.5. The number of aromatic nitrogens is 4. The van der Waals surface area contributed by atoms with Gasteiger partial charge >= 0.3 is 6.01 Å². The van der Waals surface area contributed by atoms with Crippen LogP contribution in [-0.4, -0.2) is 71.2 Å². The van der Waals surface area contributed by atoms with E-state index in [1.807, 2.05) is 13.8 Å². The maximum Gasteiger partial charge on any atom is 0.316 e. The molecule has 2 aromatic heterocycles. The van der Waals surface area contributed by atoms with Crippen LogP contribution in [0.25, 0.3) is 17.1 Å². The molecule has 0 fully saturated rings. The van der Waals surface area contributed by atoms with Gasteiger partial charge in [-0.3, -0.25) is 0 Å². The first-order chi connectivity index (χ1) is 19.3. The number of allylic oxidation sites excluding steroid dienone is 1. The molecule has 0 saturated heterocycles. The van der Waals surface area contributed by atoms with Crippen LogP contribution in [-0.2, 0) is 13.1 Å². The van der Waals surface area contributed by atoms with Crippen LogP contribution in [0.3, 0.4) is 0 Å². The summed E-state index contributed by atoms with van der Waals surface area (Å²) in [5.74, 6) is 1.52. The van der Waals surface area contributed by atoms with Crippen molar-refractivity contribution in [1.82, 2.24) is 30.6 Å². The van der Waals surface area contributed by atoms with Crippen molar-refractivity contribution in [3.8, 4) is 23.1 Å². The van der Waals surface area contributed by atoms with Crippen LogP contribution in [0.5, 0.6) is 11.8 Å². The van der Waals surface area contributed by atoms with Gasteiger partial charge in [0.05, 0.1) is 40.3 Å². The maximum absolute atomic E-state index is 10.1. The number of likely N-dealkylation sites (N-methyl/N-ethyl adjacent to an activating group) is 1. The molecule has 1 aliphatic heterocycles. The van der Waals surface area contributed by atoms with Crippen LogP contribution in [0.4, 0.5) is 5.82 Å². The lowest BCUT2D eigenvalue weighted by molar-refractivity contribution is 0.108. The number of nitrogens with one attached hydrogen (secondary N) is 3.